The minimum absolute atomic E-state index is 0. The SMILES string of the molecule is CC(C)(C)OC(=O)NCC1OB2OC(COCc3ccccc3)COc3cccc1c32.Cl.Cl.NCC1OB2OC(COCc3ccccc3)COc3cccc1c32. The van der Waals surface area contributed by atoms with Crippen molar-refractivity contribution in [1.82, 2.24) is 5.32 Å². The van der Waals surface area contributed by atoms with E-state index in [2.05, 4.69) is 5.32 Å². The number of amides is 1. The number of ether oxygens (including phenoxy) is 5. The lowest BCUT2D eigenvalue weighted by Gasteiger charge is -2.22. The molecule has 0 saturated carbocycles. The van der Waals surface area contributed by atoms with Gasteiger partial charge >= 0.3 is 20.3 Å². The van der Waals surface area contributed by atoms with E-state index in [1.807, 2.05) is 118 Å². The first-order valence-corrected chi connectivity index (χ1v) is 18.8. The van der Waals surface area contributed by atoms with Gasteiger partial charge in [0.25, 0.3) is 0 Å². The van der Waals surface area contributed by atoms with Crippen molar-refractivity contribution in [2.45, 2.75) is 64.0 Å². The van der Waals surface area contributed by atoms with Crippen LogP contribution in [0.25, 0.3) is 0 Å². The highest BCUT2D eigenvalue weighted by Crippen LogP contribution is 2.32. The summed E-state index contributed by atoms with van der Waals surface area (Å²) in [5.74, 6) is 1.56. The van der Waals surface area contributed by atoms with E-state index < -0.39 is 25.9 Å². The Kier molecular flexibility index (Phi) is 16.1. The molecule has 4 aliphatic heterocycles. The molecular weight excluding hydrogens is 773 g/mol. The number of hydrogen-bond donors (Lipinski definition) is 2. The summed E-state index contributed by atoms with van der Waals surface area (Å²) in [5.41, 5.74) is 11.4. The molecule has 4 aromatic carbocycles. The van der Waals surface area contributed by atoms with Gasteiger partial charge in [0.05, 0.1) is 38.6 Å². The van der Waals surface area contributed by atoms with Gasteiger partial charge in [0.1, 0.15) is 42.5 Å². The summed E-state index contributed by atoms with van der Waals surface area (Å²) in [7, 11) is -0.998. The predicted molar refractivity (Wildman–Crippen MR) is 222 cm³/mol. The number of benzene rings is 4. The van der Waals surface area contributed by atoms with Gasteiger partial charge in [-0.3, -0.25) is 0 Å². The van der Waals surface area contributed by atoms with Crippen molar-refractivity contribution in [1.29, 1.82) is 0 Å². The molecule has 0 spiro atoms. The summed E-state index contributed by atoms with van der Waals surface area (Å²) in [4.78, 5) is 12.0. The van der Waals surface area contributed by atoms with Crippen LogP contribution >= 0.6 is 24.8 Å². The topological polar surface area (TPSA) is 138 Å². The zero-order valence-corrected chi connectivity index (χ0v) is 34.0. The van der Waals surface area contributed by atoms with Gasteiger partial charge in [0.2, 0.25) is 0 Å². The third kappa shape index (κ3) is 11.7. The molecule has 3 N–H and O–H groups in total. The smallest absolute Gasteiger partial charge is 0.491 e. The molecule has 0 fully saturated rings. The minimum atomic E-state index is -0.565. The molecule has 4 unspecified atom stereocenters. The fraction of sp³-hybridized carbons (Fsp3) is 0.390. The number of nitrogens with two attached hydrogens (primary N) is 1. The predicted octanol–water partition coefficient (Wildman–Crippen LogP) is 5.22. The highest BCUT2D eigenvalue weighted by atomic mass is 35.5. The third-order valence-corrected chi connectivity index (χ3v) is 9.30. The number of halogens is 2. The van der Waals surface area contributed by atoms with Crippen LogP contribution < -0.4 is 31.4 Å². The van der Waals surface area contributed by atoms with Gasteiger partial charge in [0, 0.05) is 24.0 Å². The Morgan fingerprint density at radius 2 is 1.16 bits per heavy atom. The zero-order valence-electron chi connectivity index (χ0n) is 32.3. The van der Waals surface area contributed by atoms with Gasteiger partial charge in [-0.25, -0.2) is 4.79 Å². The van der Waals surface area contributed by atoms with Gasteiger partial charge < -0.3 is 53.4 Å². The Bertz CT molecular complexity index is 1880. The number of carbonyl (C=O) groups is 1. The van der Waals surface area contributed by atoms with Crippen LogP contribution in [0.4, 0.5) is 4.79 Å². The Labute approximate surface area is 347 Å². The van der Waals surface area contributed by atoms with Crippen LogP contribution in [0.3, 0.4) is 0 Å². The third-order valence-electron chi connectivity index (χ3n) is 9.30. The first-order valence-electron chi connectivity index (χ1n) is 18.8. The number of alkyl carbamates (subject to hydrolysis) is 1. The average molecular weight is 823 g/mol. The Hall–Kier alpha value is -3.82. The Morgan fingerprint density at radius 3 is 1.63 bits per heavy atom. The number of rotatable bonds is 11. The van der Waals surface area contributed by atoms with Gasteiger partial charge in [-0.15, -0.1) is 24.8 Å². The van der Waals surface area contributed by atoms with Crippen LogP contribution in [-0.2, 0) is 46.0 Å². The quantitative estimate of drug-likeness (QED) is 0.193. The molecule has 8 rings (SSSR count). The molecule has 0 bridgehead atoms. The molecule has 4 aliphatic rings. The van der Waals surface area contributed by atoms with Crippen LogP contribution in [0, 0.1) is 0 Å². The maximum Gasteiger partial charge on any atom is 0.499 e. The van der Waals surface area contributed by atoms with E-state index in [1.165, 1.54) is 0 Å². The molecule has 12 nitrogen and oxygen atoms in total. The minimum Gasteiger partial charge on any atom is -0.491 e. The van der Waals surface area contributed by atoms with Crippen LogP contribution in [-0.4, -0.2) is 77.7 Å². The van der Waals surface area contributed by atoms with E-state index >= 15 is 0 Å². The first-order chi connectivity index (χ1) is 26.7. The average Bonchev–Trinajstić information content (AvgIpc) is 3.59. The maximum absolute atomic E-state index is 12.0. The van der Waals surface area contributed by atoms with Crippen LogP contribution in [0.1, 0.15) is 55.2 Å². The first kappa shape index (κ1) is 44.3. The van der Waals surface area contributed by atoms with Crippen molar-refractivity contribution in [2.24, 2.45) is 5.73 Å². The van der Waals surface area contributed by atoms with E-state index in [0.717, 1.165) is 44.7 Å². The summed E-state index contributed by atoms with van der Waals surface area (Å²) in [6.07, 6.45) is -1.42. The van der Waals surface area contributed by atoms with Crippen molar-refractivity contribution in [3.8, 4) is 11.5 Å². The van der Waals surface area contributed by atoms with E-state index in [0.29, 0.717) is 46.2 Å². The molecular formula is C41H50B2Cl2N2O10. The molecule has 16 heteroatoms. The standard InChI is InChI=1S/C23H28BNO6.C18H20BNO4.2ClH/c1-23(2,3)29-22(26)25-12-20-18-10-7-11-19-21(18)24(31-20)30-17(15-28-19)14-27-13-16-8-5-4-6-9-16;20-9-17-15-7-4-8-16-18(15)19(24-17)23-14(12-22-16)11-21-10-13-5-2-1-3-6-13;;/h4-11,17,20H,12-15H2,1-3H3,(H,25,26);1-8,14,17H,9-12,20H2;2*1H. The maximum atomic E-state index is 12.0. The highest BCUT2D eigenvalue weighted by Gasteiger charge is 2.44. The Morgan fingerprint density at radius 1 is 0.684 bits per heavy atom. The van der Waals surface area contributed by atoms with Crippen molar-refractivity contribution >= 4 is 56.1 Å². The number of carbonyl (C=O) groups excluding carboxylic acids is 1. The molecule has 4 heterocycles. The van der Waals surface area contributed by atoms with E-state index in [4.69, 9.17) is 48.0 Å². The highest BCUT2D eigenvalue weighted by molar-refractivity contribution is 6.64. The van der Waals surface area contributed by atoms with E-state index in [-0.39, 0.29) is 55.8 Å². The fourth-order valence-electron chi connectivity index (χ4n) is 6.79. The largest absolute Gasteiger partial charge is 0.499 e. The van der Waals surface area contributed by atoms with E-state index in [9.17, 15) is 4.79 Å². The second-order valence-electron chi connectivity index (χ2n) is 14.7. The van der Waals surface area contributed by atoms with Gasteiger partial charge in [-0.2, -0.15) is 0 Å². The fourth-order valence-corrected chi connectivity index (χ4v) is 6.79. The van der Waals surface area contributed by atoms with Crippen LogP contribution in [0.2, 0.25) is 0 Å². The normalized spacial score (nSPS) is 20.1. The summed E-state index contributed by atoms with van der Waals surface area (Å²) in [6, 6.07) is 31.8. The molecule has 0 radical (unpaired) electrons. The van der Waals surface area contributed by atoms with Crippen LogP contribution in [0.5, 0.6) is 11.5 Å². The lowest BCUT2D eigenvalue weighted by atomic mass is 9.77. The van der Waals surface area contributed by atoms with Gasteiger partial charge in [0.15, 0.2) is 0 Å². The number of nitrogens with one attached hydrogen (secondary N) is 1. The monoisotopic (exact) mass is 822 g/mol. The molecule has 57 heavy (non-hydrogen) atoms. The molecule has 0 aliphatic carbocycles. The zero-order chi connectivity index (χ0) is 38.2. The molecule has 4 aromatic rings. The van der Waals surface area contributed by atoms with Crippen molar-refractivity contribution in [3.63, 3.8) is 0 Å². The molecule has 0 aromatic heterocycles. The summed E-state index contributed by atoms with van der Waals surface area (Å²) >= 11 is 0. The summed E-state index contributed by atoms with van der Waals surface area (Å²) in [5, 5.41) is 2.78. The molecule has 0 saturated heterocycles. The van der Waals surface area contributed by atoms with Crippen molar-refractivity contribution < 1.29 is 47.1 Å². The van der Waals surface area contributed by atoms with Crippen molar-refractivity contribution in [2.75, 3.05) is 39.5 Å². The number of hydrogen-bond acceptors (Lipinski definition) is 11. The van der Waals surface area contributed by atoms with E-state index in [1.54, 1.807) is 0 Å². The second kappa shape index (κ2) is 20.7. The Balaban J connectivity index is 0.000000216. The summed E-state index contributed by atoms with van der Waals surface area (Å²) < 4.78 is 53.2. The second-order valence-corrected chi connectivity index (χ2v) is 14.7. The lowest BCUT2D eigenvalue weighted by Crippen LogP contribution is -2.38. The van der Waals surface area contributed by atoms with Gasteiger partial charge in [-0.05, 0) is 55.2 Å². The molecule has 1 amide bonds. The molecule has 304 valence electrons. The van der Waals surface area contributed by atoms with Gasteiger partial charge in [-0.1, -0.05) is 84.9 Å². The summed E-state index contributed by atoms with van der Waals surface area (Å²) in [6.45, 7) is 8.90. The lowest BCUT2D eigenvalue weighted by molar-refractivity contribution is 0.00629. The van der Waals surface area contributed by atoms with Crippen molar-refractivity contribution in [3.05, 3.63) is 119 Å². The van der Waals surface area contributed by atoms with Crippen LogP contribution in [0.15, 0.2) is 97.1 Å². The molecule has 4 atom stereocenters.